The number of amides is 2. The summed E-state index contributed by atoms with van der Waals surface area (Å²) in [6, 6.07) is 28.2. The van der Waals surface area contributed by atoms with E-state index in [0.29, 0.717) is 17.3 Å². The van der Waals surface area contributed by atoms with Gasteiger partial charge < -0.3 is 19.7 Å². The number of carbonyl (C=O) groups excluding carboxylic acids is 2. The maximum atomic E-state index is 14.5. The molecule has 0 heterocycles. The van der Waals surface area contributed by atoms with Crippen molar-refractivity contribution in [3.63, 3.8) is 0 Å². The molecule has 11 heteroatoms. The molecule has 0 aromatic heterocycles. The van der Waals surface area contributed by atoms with Gasteiger partial charge in [0.15, 0.2) is 11.5 Å². The standard InChI is InChI=1S/C36H40ClN3O6S/c1-26(2)23-38-36(42)32(21-27-11-7-5-8-12-27)39(24-28-13-9-6-10-14-28)35(41)25-40(30-17-15-29(37)16-18-30)47(43,44)31-19-20-33(45-3)34(22-31)46-4/h5-20,22,26,32H,21,23-25H2,1-4H3,(H,38,42). The fourth-order valence-corrected chi connectivity index (χ4v) is 6.55. The quantitative estimate of drug-likeness (QED) is 0.166. The van der Waals surface area contributed by atoms with Crippen LogP contribution in [-0.2, 0) is 32.6 Å². The van der Waals surface area contributed by atoms with Crippen LogP contribution in [0.15, 0.2) is 108 Å². The fraction of sp³-hybridized carbons (Fsp3) is 0.278. The van der Waals surface area contributed by atoms with Gasteiger partial charge in [0.05, 0.1) is 24.8 Å². The SMILES string of the molecule is COc1ccc(S(=O)(=O)N(CC(=O)N(Cc2ccccc2)C(Cc2ccccc2)C(=O)NCC(C)C)c2ccc(Cl)cc2)cc1OC. The van der Waals surface area contributed by atoms with Crippen molar-refractivity contribution in [3.05, 3.63) is 119 Å². The third-order valence-corrected chi connectivity index (χ3v) is 9.51. The van der Waals surface area contributed by atoms with Gasteiger partial charge in [0.25, 0.3) is 10.0 Å². The molecular weight excluding hydrogens is 638 g/mol. The Bertz CT molecular complexity index is 1740. The zero-order valence-electron chi connectivity index (χ0n) is 26.9. The van der Waals surface area contributed by atoms with E-state index in [-0.39, 0.29) is 41.1 Å². The Morgan fingerprint density at radius 3 is 1.98 bits per heavy atom. The topological polar surface area (TPSA) is 105 Å². The summed E-state index contributed by atoms with van der Waals surface area (Å²) in [5.74, 6) is -0.139. The van der Waals surface area contributed by atoms with E-state index in [9.17, 15) is 18.0 Å². The average molecular weight is 678 g/mol. The molecule has 0 aliphatic rings. The van der Waals surface area contributed by atoms with Crippen LogP contribution in [0.3, 0.4) is 0 Å². The number of carbonyl (C=O) groups is 2. The molecule has 0 spiro atoms. The number of ether oxygens (including phenoxy) is 2. The van der Waals surface area contributed by atoms with Gasteiger partial charge in [-0.15, -0.1) is 0 Å². The molecule has 0 bridgehead atoms. The Labute approximate surface area is 282 Å². The molecule has 47 heavy (non-hydrogen) atoms. The van der Waals surface area contributed by atoms with Crippen LogP contribution in [0.5, 0.6) is 11.5 Å². The first-order valence-corrected chi connectivity index (χ1v) is 17.0. The van der Waals surface area contributed by atoms with E-state index >= 15 is 0 Å². The maximum Gasteiger partial charge on any atom is 0.264 e. The average Bonchev–Trinajstić information content (AvgIpc) is 3.08. The van der Waals surface area contributed by atoms with Crippen molar-refractivity contribution in [2.75, 3.05) is 31.6 Å². The fourth-order valence-electron chi connectivity index (χ4n) is 5.00. The van der Waals surface area contributed by atoms with E-state index in [1.165, 1.54) is 49.5 Å². The van der Waals surface area contributed by atoms with E-state index in [1.807, 2.05) is 74.5 Å². The monoisotopic (exact) mass is 677 g/mol. The molecule has 1 unspecified atom stereocenters. The van der Waals surface area contributed by atoms with E-state index in [4.69, 9.17) is 21.1 Å². The highest BCUT2D eigenvalue weighted by atomic mass is 35.5. The second-order valence-electron chi connectivity index (χ2n) is 11.4. The minimum Gasteiger partial charge on any atom is -0.493 e. The van der Waals surface area contributed by atoms with Crippen molar-refractivity contribution in [1.29, 1.82) is 0 Å². The number of methoxy groups -OCH3 is 2. The zero-order chi connectivity index (χ0) is 34.0. The van der Waals surface area contributed by atoms with Crippen molar-refractivity contribution < 1.29 is 27.5 Å². The van der Waals surface area contributed by atoms with Crippen LogP contribution in [0.25, 0.3) is 0 Å². The smallest absolute Gasteiger partial charge is 0.264 e. The lowest BCUT2D eigenvalue weighted by Crippen LogP contribution is -2.53. The van der Waals surface area contributed by atoms with Gasteiger partial charge in [0.1, 0.15) is 12.6 Å². The Hall–Kier alpha value is -4.54. The highest BCUT2D eigenvalue weighted by molar-refractivity contribution is 7.92. The second kappa shape index (κ2) is 16.3. The van der Waals surface area contributed by atoms with Crippen molar-refractivity contribution in [2.24, 2.45) is 5.92 Å². The maximum absolute atomic E-state index is 14.5. The van der Waals surface area contributed by atoms with Gasteiger partial charge in [-0.3, -0.25) is 13.9 Å². The number of nitrogens with zero attached hydrogens (tertiary/aromatic N) is 2. The third kappa shape index (κ3) is 9.27. The number of hydrogen-bond donors (Lipinski definition) is 1. The second-order valence-corrected chi connectivity index (χ2v) is 13.7. The Balaban J connectivity index is 1.80. The van der Waals surface area contributed by atoms with Crippen LogP contribution in [0, 0.1) is 5.92 Å². The lowest BCUT2D eigenvalue weighted by molar-refractivity contribution is -0.140. The highest BCUT2D eigenvalue weighted by Crippen LogP contribution is 2.33. The Morgan fingerprint density at radius 2 is 1.40 bits per heavy atom. The lowest BCUT2D eigenvalue weighted by Gasteiger charge is -2.34. The largest absolute Gasteiger partial charge is 0.493 e. The molecule has 2 amide bonds. The minimum absolute atomic E-state index is 0.0805. The van der Waals surface area contributed by atoms with Crippen molar-refractivity contribution in [1.82, 2.24) is 10.2 Å². The molecule has 1 atom stereocenters. The summed E-state index contributed by atoms with van der Waals surface area (Å²) in [5.41, 5.74) is 1.87. The molecule has 0 saturated carbocycles. The normalized spacial score (nSPS) is 11.9. The molecule has 4 aromatic rings. The van der Waals surface area contributed by atoms with Gasteiger partial charge >= 0.3 is 0 Å². The van der Waals surface area contributed by atoms with Gasteiger partial charge in [-0.05, 0) is 53.4 Å². The van der Waals surface area contributed by atoms with Crippen LogP contribution in [0.2, 0.25) is 5.02 Å². The van der Waals surface area contributed by atoms with Gasteiger partial charge in [-0.2, -0.15) is 0 Å². The number of rotatable bonds is 15. The predicted octanol–water partition coefficient (Wildman–Crippen LogP) is 5.96. The van der Waals surface area contributed by atoms with Gasteiger partial charge in [-0.25, -0.2) is 8.42 Å². The zero-order valence-corrected chi connectivity index (χ0v) is 28.5. The molecule has 4 aromatic carbocycles. The van der Waals surface area contributed by atoms with Crippen LogP contribution in [0.4, 0.5) is 5.69 Å². The molecule has 1 N–H and O–H groups in total. The number of sulfonamides is 1. The summed E-state index contributed by atoms with van der Waals surface area (Å²) >= 11 is 6.15. The number of nitrogens with one attached hydrogen (secondary N) is 1. The van der Waals surface area contributed by atoms with Crippen LogP contribution >= 0.6 is 11.6 Å². The van der Waals surface area contributed by atoms with Crippen molar-refractivity contribution >= 4 is 39.1 Å². The van der Waals surface area contributed by atoms with Gasteiger partial charge in [0, 0.05) is 30.6 Å². The van der Waals surface area contributed by atoms with Crippen molar-refractivity contribution in [3.8, 4) is 11.5 Å². The number of hydrogen-bond acceptors (Lipinski definition) is 6. The van der Waals surface area contributed by atoms with E-state index in [0.717, 1.165) is 15.4 Å². The first-order valence-electron chi connectivity index (χ1n) is 15.2. The van der Waals surface area contributed by atoms with E-state index < -0.39 is 28.5 Å². The molecular formula is C36H40ClN3O6S. The predicted molar refractivity (Wildman–Crippen MR) is 184 cm³/mol. The highest BCUT2D eigenvalue weighted by Gasteiger charge is 2.35. The van der Waals surface area contributed by atoms with Crippen LogP contribution in [0.1, 0.15) is 25.0 Å². The number of anilines is 1. The Morgan fingerprint density at radius 1 is 0.809 bits per heavy atom. The van der Waals surface area contributed by atoms with Gasteiger partial charge in [-0.1, -0.05) is 86.1 Å². The molecule has 4 rings (SSSR count). The summed E-state index contributed by atoms with van der Waals surface area (Å²) in [4.78, 5) is 29.8. The summed E-state index contributed by atoms with van der Waals surface area (Å²) in [6.07, 6.45) is 0.229. The summed E-state index contributed by atoms with van der Waals surface area (Å²) < 4.78 is 40.3. The molecule has 0 fully saturated rings. The van der Waals surface area contributed by atoms with Crippen LogP contribution in [-0.4, -0.2) is 58.5 Å². The number of halogens is 1. The Kier molecular flexibility index (Phi) is 12.3. The van der Waals surface area contributed by atoms with E-state index in [1.54, 1.807) is 12.1 Å². The van der Waals surface area contributed by atoms with Crippen LogP contribution < -0.4 is 19.1 Å². The third-order valence-electron chi connectivity index (χ3n) is 7.49. The van der Waals surface area contributed by atoms with Crippen molar-refractivity contribution in [2.45, 2.75) is 37.8 Å². The molecule has 0 aliphatic carbocycles. The molecule has 9 nitrogen and oxygen atoms in total. The first-order chi connectivity index (χ1) is 22.5. The lowest BCUT2D eigenvalue weighted by atomic mass is 10.0. The molecule has 0 aliphatic heterocycles. The minimum atomic E-state index is -4.35. The molecule has 0 radical (unpaired) electrons. The number of benzene rings is 4. The summed E-state index contributed by atoms with van der Waals surface area (Å²) in [6.45, 7) is 3.89. The first kappa shape index (κ1) is 35.3. The van der Waals surface area contributed by atoms with E-state index in [2.05, 4.69) is 5.32 Å². The summed E-state index contributed by atoms with van der Waals surface area (Å²) in [7, 11) is -1.48. The summed E-state index contributed by atoms with van der Waals surface area (Å²) in [5, 5.41) is 3.39. The molecule has 0 saturated heterocycles. The molecule has 248 valence electrons. The van der Waals surface area contributed by atoms with Gasteiger partial charge in [0.2, 0.25) is 11.8 Å².